The number of amides is 1. The number of aromatic nitrogens is 1. The van der Waals surface area contributed by atoms with E-state index in [9.17, 15) is 14.7 Å². The van der Waals surface area contributed by atoms with Gasteiger partial charge in [0.05, 0.1) is 38.7 Å². The molecule has 1 amide bonds. The molecule has 0 unspecified atom stereocenters. The molecule has 64 heavy (non-hydrogen) atoms. The number of rotatable bonds is 20. The Morgan fingerprint density at radius 3 is 1.55 bits per heavy atom. The van der Waals surface area contributed by atoms with Gasteiger partial charge in [-0.2, -0.15) is 0 Å². The molecule has 0 aliphatic carbocycles. The number of ether oxygens (including phenoxy) is 6. The summed E-state index contributed by atoms with van der Waals surface area (Å²) >= 11 is 0. The monoisotopic (exact) mass is 860 g/mol. The van der Waals surface area contributed by atoms with Gasteiger partial charge in [0.25, 0.3) is 0 Å². The lowest BCUT2D eigenvalue weighted by atomic mass is 9.89. The van der Waals surface area contributed by atoms with E-state index in [2.05, 4.69) is 10.3 Å². The quantitative estimate of drug-likeness (QED) is 0.0685. The molecule has 6 atom stereocenters. The molecule has 328 valence electrons. The predicted molar refractivity (Wildman–Crippen MR) is 242 cm³/mol. The molecule has 1 aliphatic heterocycles. The second-order valence-corrected chi connectivity index (χ2v) is 15.7. The smallest absolute Gasteiger partial charge is 0.408 e. The molecule has 11 nitrogen and oxygen atoms in total. The van der Waals surface area contributed by atoms with Crippen molar-refractivity contribution in [2.24, 2.45) is 0 Å². The Kier molecular flexibility index (Phi) is 15.2. The normalized spacial score (nSPS) is 18.9. The van der Waals surface area contributed by atoms with Crippen LogP contribution in [0.4, 0.5) is 4.79 Å². The van der Waals surface area contributed by atoms with Crippen molar-refractivity contribution in [3.05, 3.63) is 215 Å². The van der Waals surface area contributed by atoms with Gasteiger partial charge < -0.3 is 43.8 Å². The average Bonchev–Trinajstić information content (AvgIpc) is 3.70. The molecule has 7 aromatic rings. The highest BCUT2D eigenvalue weighted by Gasteiger charge is 2.50. The lowest BCUT2D eigenvalue weighted by Gasteiger charge is -2.46. The second kappa shape index (κ2) is 22.2. The molecular weight excluding hydrogens is 809 g/mol. The molecule has 2 heterocycles. The Morgan fingerprint density at radius 2 is 1.02 bits per heavy atom. The van der Waals surface area contributed by atoms with Crippen LogP contribution in [-0.4, -0.2) is 59.2 Å². The number of carbonyl (C=O) groups is 2. The number of fused-ring (bicyclic) bond motifs is 1. The Labute approximate surface area is 372 Å². The van der Waals surface area contributed by atoms with Crippen LogP contribution in [-0.2, 0) is 72.7 Å². The lowest BCUT2D eigenvalue weighted by molar-refractivity contribution is -0.275. The van der Waals surface area contributed by atoms with Crippen molar-refractivity contribution in [2.45, 2.75) is 76.0 Å². The van der Waals surface area contributed by atoms with Crippen molar-refractivity contribution in [1.29, 1.82) is 0 Å². The number of benzene rings is 6. The zero-order valence-electron chi connectivity index (χ0n) is 35.4. The maximum Gasteiger partial charge on any atom is 0.408 e. The van der Waals surface area contributed by atoms with Crippen molar-refractivity contribution in [3.63, 3.8) is 0 Å². The first-order chi connectivity index (χ1) is 31.5. The molecule has 1 saturated heterocycles. The summed E-state index contributed by atoms with van der Waals surface area (Å²) in [4.78, 5) is 29.7. The second-order valence-electron chi connectivity index (χ2n) is 15.7. The molecule has 3 N–H and O–H groups in total. The van der Waals surface area contributed by atoms with E-state index in [0.717, 1.165) is 38.7 Å². The molecule has 6 aromatic carbocycles. The van der Waals surface area contributed by atoms with Crippen LogP contribution in [0.15, 0.2) is 176 Å². The number of carbonyl (C=O) groups excluding carboxylic acids is 1. The number of hydrogen-bond donors (Lipinski definition) is 3. The van der Waals surface area contributed by atoms with E-state index in [4.69, 9.17) is 28.4 Å². The van der Waals surface area contributed by atoms with Gasteiger partial charge in [0.15, 0.2) is 0 Å². The average molecular weight is 861 g/mol. The van der Waals surface area contributed by atoms with Gasteiger partial charge in [-0.05, 0) is 39.4 Å². The first kappa shape index (κ1) is 44.0. The third kappa shape index (κ3) is 11.7. The molecule has 8 rings (SSSR count). The van der Waals surface area contributed by atoms with Crippen LogP contribution in [0.2, 0.25) is 0 Å². The van der Waals surface area contributed by atoms with Crippen LogP contribution in [0.1, 0.15) is 45.2 Å². The highest BCUT2D eigenvalue weighted by molar-refractivity contribution is 5.87. The third-order valence-corrected chi connectivity index (χ3v) is 11.2. The van der Waals surface area contributed by atoms with Gasteiger partial charge in [0.1, 0.15) is 43.2 Å². The molecule has 1 aromatic heterocycles. The van der Waals surface area contributed by atoms with Crippen molar-refractivity contribution < 1.29 is 43.1 Å². The maximum atomic E-state index is 13.2. The molecule has 1 fully saturated rings. The van der Waals surface area contributed by atoms with Crippen LogP contribution in [0, 0.1) is 0 Å². The fraction of sp³-hybridized carbons (Fsp3) is 0.245. The van der Waals surface area contributed by atoms with Gasteiger partial charge in [-0.3, -0.25) is 0 Å². The Bertz CT molecular complexity index is 2510. The summed E-state index contributed by atoms with van der Waals surface area (Å²) in [6.07, 6.45) is -4.69. The number of hydrogen-bond acceptors (Lipinski definition) is 8. The number of aromatic amines is 1. The molecular formula is C53H52N2O9. The molecule has 0 bridgehead atoms. The minimum atomic E-state index is -1.36. The van der Waals surface area contributed by atoms with Gasteiger partial charge in [-0.1, -0.05) is 170 Å². The zero-order chi connectivity index (χ0) is 43.9. The Balaban J connectivity index is 1.18. The SMILES string of the molecule is O=C(N[C@H](Cc1c([C@H]2O[C@H](COCc3ccccc3)[C@@H](OCc3ccccc3)[C@H](OCc3ccccc3)[C@@H]2OCc2ccccc2)[nH]c2ccccc12)C(=O)O)OCc1ccccc1. The van der Waals surface area contributed by atoms with Crippen molar-refractivity contribution in [3.8, 4) is 0 Å². The Hall–Kier alpha value is -6.60. The first-order valence-electron chi connectivity index (χ1n) is 21.5. The van der Waals surface area contributed by atoms with Crippen molar-refractivity contribution >= 4 is 23.0 Å². The van der Waals surface area contributed by atoms with Crippen LogP contribution in [0.5, 0.6) is 0 Å². The van der Waals surface area contributed by atoms with E-state index in [1.165, 1.54) is 0 Å². The first-order valence-corrected chi connectivity index (χ1v) is 21.5. The maximum absolute atomic E-state index is 13.2. The molecule has 0 radical (unpaired) electrons. The summed E-state index contributed by atoms with van der Waals surface area (Å²) in [6.45, 7) is 1.21. The highest BCUT2D eigenvalue weighted by Crippen LogP contribution is 2.41. The van der Waals surface area contributed by atoms with Crippen LogP contribution < -0.4 is 5.32 Å². The molecule has 1 aliphatic rings. The van der Waals surface area contributed by atoms with E-state index in [-0.39, 0.29) is 39.5 Å². The number of H-pyrrole nitrogens is 1. The fourth-order valence-electron chi connectivity index (χ4n) is 8.02. The van der Waals surface area contributed by atoms with Gasteiger partial charge in [-0.25, -0.2) is 9.59 Å². The van der Waals surface area contributed by atoms with Crippen LogP contribution >= 0.6 is 0 Å². The van der Waals surface area contributed by atoms with E-state index >= 15 is 0 Å². The van der Waals surface area contributed by atoms with E-state index in [1.54, 1.807) is 0 Å². The largest absolute Gasteiger partial charge is 0.480 e. The summed E-state index contributed by atoms with van der Waals surface area (Å²) in [5, 5.41) is 14.0. The van der Waals surface area contributed by atoms with Crippen LogP contribution in [0.25, 0.3) is 10.9 Å². The standard InChI is InChI=1S/C53H52N2O9/c56-52(57)45(55-53(58)63-35-41-26-14-5-15-27-41)30-43-42-28-16-17-29-44(42)54-47(43)49-51(62-34-40-24-12-4-13-25-40)50(61-33-39-22-10-3-11-23-39)48(60-32-38-20-8-2-9-21-38)46(64-49)36-59-31-37-18-6-1-7-19-37/h1-29,45-46,48-51,54H,30-36H2,(H,55,58)(H,56,57)/t45-,46-,48-,49-,50+,51-/m1/s1. The van der Waals surface area contributed by atoms with Gasteiger partial charge in [0.2, 0.25) is 0 Å². The van der Waals surface area contributed by atoms with E-state index in [1.807, 2.05) is 176 Å². The van der Waals surface area contributed by atoms with Crippen molar-refractivity contribution in [2.75, 3.05) is 6.61 Å². The number of nitrogens with one attached hydrogen (secondary N) is 2. The van der Waals surface area contributed by atoms with Gasteiger partial charge in [-0.15, -0.1) is 0 Å². The minimum absolute atomic E-state index is 0.0146. The van der Waals surface area contributed by atoms with Crippen LogP contribution in [0.3, 0.4) is 0 Å². The highest BCUT2D eigenvalue weighted by atomic mass is 16.6. The molecule has 0 spiro atoms. The van der Waals surface area contributed by atoms with Crippen molar-refractivity contribution in [1.82, 2.24) is 10.3 Å². The number of carboxylic acid groups (broad SMARTS) is 1. The topological polar surface area (TPSA) is 138 Å². The lowest BCUT2D eigenvalue weighted by Crippen LogP contribution is -2.58. The minimum Gasteiger partial charge on any atom is -0.480 e. The van der Waals surface area contributed by atoms with Gasteiger partial charge in [0, 0.05) is 17.3 Å². The third-order valence-electron chi connectivity index (χ3n) is 11.2. The fourth-order valence-corrected chi connectivity index (χ4v) is 8.02. The molecule has 0 saturated carbocycles. The summed E-state index contributed by atoms with van der Waals surface area (Å²) < 4.78 is 40.0. The summed E-state index contributed by atoms with van der Waals surface area (Å²) in [7, 11) is 0. The summed E-state index contributed by atoms with van der Waals surface area (Å²) in [5.74, 6) is -1.22. The summed E-state index contributed by atoms with van der Waals surface area (Å²) in [5.41, 5.74) is 6.65. The zero-order valence-corrected chi connectivity index (χ0v) is 35.4. The van der Waals surface area contributed by atoms with E-state index in [0.29, 0.717) is 17.9 Å². The number of carboxylic acids is 1. The number of para-hydroxylation sites is 1. The Morgan fingerprint density at radius 1 is 0.562 bits per heavy atom. The summed E-state index contributed by atoms with van der Waals surface area (Å²) in [6, 6.07) is 55.2. The van der Waals surface area contributed by atoms with E-state index < -0.39 is 48.6 Å². The number of alkyl carbamates (subject to hydrolysis) is 1. The molecule has 11 heteroatoms. The van der Waals surface area contributed by atoms with Gasteiger partial charge >= 0.3 is 12.1 Å². The number of aliphatic carboxylic acids is 1. The predicted octanol–water partition coefficient (Wildman–Crippen LogP) is 9.50.